The van der Waals surface area contributed by atoms with E-state index in [9.17, 15) is 13.2 Å². The van der Waals surface area contributed by atoms with E-state index < -0.39 is 17.9 Å². The monoisotopic (exact) mass is 359 g/mol. The Kier molecular flexibility index (Phi) is 6.17. The summed E-state index contributed by atoms with van der Waals surface area (Å²) in [5.74, 6) is 0.394. The molecule has 0 spiro atoms. The summed E-state index contributed by atoms with van der Waals surface area (Å²) in [6.07, 6.45) is -5.59. The van der Waals surface area contributed by atoms with Gasteiger partial charge in [-0.3, -0.25) is 0 Å². The van der Waals surface area contributed by atoms with Gasteiger partial charge in [0, 0.05) is 0 Å². The van der Waals surface area contributed by atoms with Gasteiger partial charge in [0.05, 0.1) is 16.9 Å². The molecule has 0 N–H and O–H groups in total. The molecule has 5 nitrogen and oxygen atoms in total. The average molecular weight is 359 g/mol. The number of nitrogens with zero attached hydrogens (tertiary/aromatic N) is 5. The molecule has 0 saturated carbocycles. The van der Waals surface area contributed by atoms with Gasteiger partial charge in [-0.25, -0.2) is 0 Å². The number of azo groups is 2. The number of nitriles is 1. The number of halogens is 3. The van der Waals surface area contributed by atoms with Crippen molar-refractivity contribution in [1.82, 2.24) is 0 Å². The predicted molar refractivity (Wildman–Crippen MR) is 90.4 cm³/mol. The molecule has 1 atom stereocenters. The Hall–Kier alpha value is -3.08. The third kappa shape index (κ3) is 5.48. The van der Waals surface area contributed by atoms with Crippen LogP contribution in [0.1, 0.15) is 30.9 Å². The number of alkyl halides is 3. The first-order chi connectivity index (χ1) is 12.3. The van der Waals surface area contributed by atoms with Crippen molar-refractivity contribution < 1.29 is 13.2 Å². The highest BCUT2D eigenvalue weighted by atomic mass is 19.4. The number of rotatable bonds is 5. The van der Waals surface area contributed by atoms with E-state index in [2.05, 4.69) is 34.3 Å². The molecule has 0 heterocycles. The number of benzene rings is 2. The van der Waals surface area contributed by atoms with Crippen LogP contribution in [0.4, 0.5) is 24.5 Å². The van der Waals surface area contributed by atoms with Crippen LogP contribution in [-0.4, -0.2) is 6.17 Å². The van der Waals surface area contributed by atoms with Gasteiger partial charge in [0.25, 0.3) is 6.17 Å². The van der Waals surface area contributed by atoms with Crippen LogP contribution in [0.3, 0.4) is 0 Å². The highest BCUT2D eigenvalue weighted by Gasteiger charge is 2.29. The zero-order valence-electron chi connectivity index (χ0n) is 14.1. The van der Waals surface area contributed by atoms with E-state index in [1.807, 2.05) is 12.1 Å². The number of hydrogen-bond acceptors (Lipinski definition) is 5. The lowest BCUT2D eigenvalue weighted by atomic mass is 10.0. The Morgan fingerprint density at radius 1 is 0.846 bits per heavy atom. The normalized spacial score (nSPS) is 13.4. The third-order valence-corrected chi connectivity index (χ3v) is 3.44. The van der Waals surface area contributed by atoms with E-state index >= 15 is 0 Å². The van der Waals surface area contributed by atoms with Gasteiger partial charge in [-0.05, 0) is 47.9 Å². The molecule has 0 radical (unpaired) electrons. The molecule has 0 bridgehead atoms. The van der Waals surface area contributed by atoms with Crippen LogP contribution in [0.15, 0.2) is 69.0 Å². The molecule has 0 saturated heterocycles. The summed E-state index contributed by atoms with van der Waals surface area (Å²) in [5.41, 5.74) is 1.13. The molecule has 2 aromatic carbocycles. The first-order valence-corrected chi connectivity index (χ1v) is 7.78. The summed E-state index contributed by atoms with van der Waals surface area (Å²) in [6.45, 7) is 4.15. The quantitative estimate of drug-likeness (QED) is 0.558. The van der Waals surface area contributed by atoms with Crippen LogP contribution in [0.25, 0.3) is 0 Å². The molecule has 26 heavy (non-hydrogen) atoms. The maximum Gasteiger partial charge on any atom is 0.416 e. The smallest absolute Gasteiger partial charge is 0.194 e. The van der Waals surface area contributed by atoms with Crippen molar-refractivity contribution in [3.63, 3.8) is 0 Å². The molecular formula is C18H16F3N5. The maximum atomic E-state index is 12.5. The van der Waals surface area contributed by atoms with E-state index in [1.165, 1.54) is 12.1 Å². The summed E-state index contributed by atoms with van der Waals surface area (Å²) in [6, 6.07) is 13.3. The van der Waals surface area contributed by atoms with E-state index in [1.54, 1.807) is 18.2 Å². The predicted octanol–water partition coefficient (Wildman–Crippen LogP) is 6.55. The summed E-state index contributed by atoms with van der Waals surface area (Å²) in [7, 11) is 0. The van der Waals surface area contributed by atoms with Gasteiger partial charge in [-0.15, -0.1) is 10.2 Å². The van der Waals surface area contributed by atoms with Gasteiger partial charge in [0.15, 0.2) is 0 Å². The molecular weight excluding hydrogens is 343 g/mol. The molecule has 2 rings (SSSR count). The second-order valence-corrected chi connectivity index (χ2v) is 5.72. The van der Waals surface area contributed by atoms with Gasteiger partial charge in [0.2, 0.25) is 0 Å². The van der Waals surface area contributed by atoms with Crippen LogP contribution in [0.2, 0.25) is 0 Å². The Balaban J connectivity index is 2.04. The van der Waals surface area contributed by atoms with Crippen molar-refractivity contribution in [1.29, 1.82) is 5.26 Å². The minimum Gasteiger partial charge on any atom is -0.194 e. The highest BCUT2D eigenvalue weighted by molar-refractivity contribution is 5.40. The second-order valence-electron chi connectivity index (χ2n) is 5.72. The molecule has 2 aromatic rings. The van der Waals surface area contributed by atoms with Crippen molar-refractivity contribution >= 4 is 11.4 Å². The lowest BCUT2D eigenvalue weighted by Gasteiger charge is -2.05. The zero-order chi connectivity index (χ0) is 19.2. The zero-order valence-corrected chi connectivity index (χ0v) is 14.1. The Bertz CT molecular complexity index is 816. The minimum absolute atomic E-state index is 0.190. The summed E-state index contributed by atoms with van der Waals surface area (Å²) >= 11 is 0. The van der Waals surface area contributed by atoms with Crippen LogP contribution in [0, 0.1) is 11.3 Å². The maximum absolute atomic E-state index is 12.5. The largest absolute Gasteiger partial charge is 0.416 e. The Labute approximate surface area is 148 Å². The van der Waals surface area contributed by atoms with E-state index in [0.29, 0.717) is 11.6 Å². The van der Waals surface area contributed by atoms with E-state index in [0.717, 1.165) is 17.7 Å². The molecule has 8 heteroatoms. The first-order valence-electron chi connectivity index (χ1n) is 7.78. The van der Waals surface area contributed by atoms with Crippen LogP contribution < -0.4 is 0 Å². The minimum atomic E-state index is -4.41. The Morgan fingerprint density at radius 2 is 1.31 bits per heavy atom. The standard InChI is InChI=1S/C18H16F3N5/c1-12(2)13-3-7-15(8-4-13)23-25-17(11-22)26-24-16-9-5-14(6-10-16)18(19,20)21/h3-10,12,17H,1-2H3. The van der Waals surface area contributed by atoms with Crippen molar-refractivity contribution in [3.8, 4) is 6.07 Å². The molecule has 0 aliphatic carbocycles. The average Bonchev–Trinajstić information content (AvgIpc) is 2.62. The molecule has 0 aliphatic heterocycles. The van der Waals surface area contributed by atoms with Crippen molar-refractivity contribution in [3.05, 3.63) is 59.7 Å². The van der Waals surface area contributed by atoms with Crippen molar-refractivity contribution in [2.24, 2.45) is 20.5 Å². The molecule has 0 aliphatic rings. The summed E-state index contributed by atoms with van der Waals surface area (Å²) < 4.78 is 37.5. The number of hydrogen-bond donors (Lipinski definition) is 0. The highest BCUT2D eigenvalue weighted by Crippen LogP contribution is 2.30. The lowest BCUT2D eigenvalue weighted by Crippen LogP contribution is -2.03. The van der Waals surface area contributed by atoms with Crippen LogP contribution >= 0.6 is 0 Å². The topological polar surface area (TPSA) is 73.2 Å². The van der Waals surface area contributed by atoms with Gasteiger partial charge >= 0.3 is 6.18 Å². The van der Waals surface area contributed by atoms with Crippen molar-refractivity contribution in [2.45, 2.75) is 32.1 Å². The second kappa shape index (κ2) is 8.34. The molecule has 1 unspecified atom stereocenters. The Morgan fingerprint density at radius 3 is 1.69 bits per heavy atom. The van der Waals surface area contributed by atoms with E-state index in [-0.39, 0.29) is 5.69 Å². The fourth-order valence-electron chi connectivity index (χ4n) is 1.96. The van der Waals surface area contributed by atoms with Gasteiger partial charge in [-0.2, -0.15) is 28.7 Å². The third-order valence-electron chi connectivity index (χ3n) is 3.44. The molecule has 0 aromatic heterocycles. The van der Waals surface area contributed by atoms with E-state index in [4.69, 9.17) is 5.26 Å². The first kappa shape index (κ1) is 19.2. The van der Waals surface area contributed by atoms with Crippen molar-refractivity contribution in [2.75, 3.05) is 0 Å². The fraction of sp³-hybridized carbons (Fsp3) is 0.278. The fourth-order valence-corrected chi connectivity index (χ4v) is 1.96. The molecule has 134 valence electrons. The summed E-state index contributed by atoms with van der Waals surface area (Å²) in [5, 5.41) is 24.2. The van der Waals surface area contributed by atoms with Crippen LogP contribution in [-0.2, 0) is 6.18 Å². The van der Waals surface area contributed by atoms with Gasteiger partial charge < -0.3 is 0 Å². The van der Waals surface area contributed by atoms with Gasteiger partial charge in [-0.1, -0.05) is 26.0 Å². The molecule has 0 fully saturated rings. The molecule has 0 amide bonds. The van der Waals surface area contributed by atoms with Gasteiger partial charge in [0.1, 0.15) is 6.07 Å². The SMILES string of the molecule is CC(C)c1ccc(N=NC(C#N)N=Nc2ccc(C(F)(F)F)cc2)cc1. The lowest BCUT2D eigenvalue weighted by molar-refractivity contribution is -0.137. The van der Waals surface area contributed by atoms with Crippen LogP contribution in [0.5, 0.6) is 0 Å². The summed E-state index contributed by atoms with van der Waals surface area (Å²) in [4.78, 5) is 0.